The van der Waals surface area contributed by atoms with Crippen LogP contribution in [-0.2, 0) is 0 Å². The van der Waals surface area contributed by atoms with Gasteiger partial charge in [0.1, 0.15) is 10.7 Å². The first-order valence-corrected chi connectivity index (χ1v) is 10.5. The molecule has 31 heavy (non-hydrogen) atoms. The van der Waals surface area contributed by atoms with Gasteiger partial charge in [0.15, 0.2) is 0 Å². The van der Waals surface area contributed by atoms with Crippen LogP contribution in [0.5, 0.6) is 0 Å². The highest BCUT2D eigenvalue weighted by molar-refractivity contribution is 6.41. The van der Waals surface area contributed by atoms with Crippen LogP contribution in [0.3, 0.4) is 0 Å². The molecule has 0 radical (unpaired) electrons. The molecule has 0 spiro atoms. The molecule has 0 N–H and O–H groups in total. The van der Waals surface area contributed by atoms with E-state index in [1.54, 1.807) is 30.3 Å². The zero-order valence-electron chi connectivity index (χ0n) is 16.0. The zero-order valence-corrected chi connectivity index (χ0v) is 18.3. The van der Waals surface area contributed by atoms with Crippen molar-refractivity contribution in [2.75, 3.05) is 36.0 Å². The van der Waals surface area contributed by atoms with E-state index < -0.39 is 5.56 Å². The Morgan fingerprint density at radius 2 is 1.55 bits per heavy atom. The van der Waals surface area contributed by atoms with Crippen molar-refractivity contribution in [3.05, 3.63) is 84.2 Å². The SMILES string of the molecule is O=c1c(Cl)c(Cl)cnn1-c1ccc(N2CCN(c3ccccc3[N+](=O)[O-])CC2)c(Cl)c1. The van der Waals surface area contributed by atoms with Gasteiger partial charge >= 0.3 is 0 Å². The summed E-state index contributed by atoms with van der Waals surface area (Å²) in [7, 11) is 0. The molecular weight excluding hydrogens is 465 g/mol. The number of benzene rings is 2. The highest BCUT2D eigenvalue weighted by Gasteiger charge is 2.24. The molecule has 8 nitrogen and oxygen atoms in total. The summed E-state index contributed by atoms with van der Waals surface area (Å²) >= 11 is 18.3. The Morgan fingerprint density at radius 1 is 0.903 bits per heavy atom. The third-order valence-electron chi connectivity index (χ3n) is 5.09. The topological polar surface area (TPSA) is 84.5 Å². The van der Waals surface area contributed by atoms with Crippen molar-refractivity contribution in [2.45, 2.75) is 0 Å². The Kier molecular flexibility index (Phi) is 6.04. The highest BCUT2D eigenvalue weighted by atomic mass is 35.5. The minimum absolute atomic E-state index is 0.0853. The Bertz CT molecular complexity index is 1210. The third kappa shape index (κ3) is 4.19. The van der Waals surface area contributed by atoms with E-state index in [0.717, 1.165) is 10.4 Å². The van der Waals surface area contributed by atoms with E-state index in [9.17, 15) is 14.9 Å². The van der Waals surface area contributed by atoms with E-state index in [4.69, 9.17) is 34.8 Å². The third-order valence-corrected chi connectivity index (χ3v) is 6.14. The van der Waals surface area contributed by atoms with Gasteiger partial charge in [-0.25, -0.2) is 0 Å². The Labute approximate surface area is 192 Å². The molecule has 0 aliphatic carbocycles. The highest BCUT2D eigenvalue weighted by Crippen LogP contribution is 2.32. The summed E-state index contributed by atoms with van der Waals surface area (Å²) < 4.78 is 1.14. The van der Waals surface area contributed by atoms with E-state index in [1.165, 1.54) is 12.3 Å². The van der Waals surface area contributed by atoms with Gasteiger partial charge in [-0.15, -0.1) is 0 Å². The number of halogens is 3. The summed E-state index contributed by atoms with van der Waals surface area (Å²) in [6.45, 7) is 2.49. The molecule has 1 saturated heterocycles. The molecule has 0 saturated carbocycles. The van der Waals surface area contributed by atoms with Crippen molar-refractivity contribution in [1.29, 1.82) is 0 Å². The van der Waals surface area contributed by atoms with Gasteiger partial charge in [-0.1, -0.05) is 46.9 Å². The van der Waals surface area contributed by atoms with Gasteiger partial charge in [-0.05, 0) is 24.3 Å². The number of para-hydroxylation sites is 2. The molecule has 1 aromatic heterocycles. The van der Waals surface area contributed by atoms with Gasteiger partial charge in [-0.3, -0.25) is 14.9 Å². The van der Waals surface area contributed by atoms with Gasteiger partial charge in [0, 0.05) is 32.2 Å². The van der Waals surface area contributed by atoms with Crippen LogP contribution in [0.1, 0.15) is 0 Å². The second-order valence-corrected chi connectivity index (χ2v) is 8.07. The van der Waals surface area contributed by atoms with Gasteiger partial charge in [0.05, 0.1) is 32.5 Å². The summed E-state index contributed by atoms with van der Waals surface area (Å²) in [5, 5.41) is 15.8. The number of nitrogens with zero attached hydrogens (tertiary/aromatic N) is 5. The van der Waals surface area contributed by atoms with Crippen LogP contribution >= 0.6 is 34.8 Å². The number of rotatable bonds is 4. The predicted octanol–water partition coefficient (Wildman–Crippen LogP) is 4.43. The van der Waals surface area contributed by atoms with Crippen LogP contribution in [0.2, 0.25) is 15.1 Å². The number of nitro groups is 1. The number of hydrogen-bond donors (Lipinski definition) is 0. The lowest BCUT2D eigenvalue weighted by Crippen LogP contribution is -2.46. The first-order valence-electron chi connectivity index (χ1n) is 9.33. The lowest BCUT2D eigenvalue weighted by Gasteiger charge is -2.37. The van der Waals surface area contributed by atoms with Crippen LogP contribution < -0.4 is 15.4 Å². The van der Waals surface area contributed by atoms with Crippen LogP contribution in [-0.4, -0.2) is 40.9 Å². The first-order chi connectivity index (χ1) is 14.9. The molecule has 0 atom stereocenters. The summed E-state index contributed by atoms with van der Waals surface area (Å²) in [6, 6.07) is 11.9. The second-order valence-electron chi connectivity index (χ2n) is 6.88. The normalized spacial score (nSPS) is 14.0. The maximum Gasteiger partial charge on any atom is 0.292 e. The van der Waals surface area contributed by atoms with Crippen LogP contribution in [0.4, 0.5) is 17.1 Å². The molecule has 0 unspecified atom stereocenters. The Balaban J connectivity index is 1.53. The Hall–Kier alpha value is -2.81. The lowest BCUT2D eigenvalue weighted by molar-refractivity contribution is -0.384. The van der Waals surface area contributed by atoms with Crippen LogP contribution in [0.15, 0.2) is 53.5 Å². The fourth-order valence-electron chi connectivity index (χ4n) is 3.55. The number of piperazine rings is 1. The van der Waals surface area contributed by atoms with Crippen molar-refractivity contribution in [3.63, 3.8) is 0 Å². The number of aromatic nitrogens is 2. The van der Waals surface area contributed by atoms with Crippen molar-refractivity contribution in [3.8, 4) is 5.69 Å². The molecule has 0 amide bonds. The number of anilines is 2. The summed E-state index contributed by atoms with van der Waals surface area (Å²) in [5.41, 5.74) is 1.45. The van der Waals surface area contributed by atoms with Crippen molar-refractivity contribution < 1.29 is 4.92 Å². The minimum Gasteiger partial charge on any atom is -0.367 e. The molecule has 160 valence electrons. The maximum atomic E-state index is 12.3. The second kappa shape index (κ2) is 8.74. The van der Waals surface area contributed by atoms with Crippen molar-refractivity contribution in [2.24, 2.45) is 0 Å². The van der Waals surface area contributed by atoms with E-state index in [1.807, 2.05) is 11.0 Å². The average Bonchev–Trinajstić information content (AvgIpc) is 2.78. The zero-order chi connectivity index (χ0) is 22.1. The maximum absolute atomic E-state index is 12.3. The quantitative estimate of drug-likeness (QED) is 0.406. The summed E-state index contributed by atoms with van der Waals surface area (Å²) in [5.74, 6) is 0. The molecule has 1 aliphatic heterocycles. The molecular formula is C20H16Cl3N5O3. The fourth-order valence-corrected chi connectivity index (χ4v) is 4.10. The monoisotopic (exact) mass is 479 g/mol. The van der Waals surface area contributed by atoms with Crippen molar-refractivity contribution in [1.82, 2.24) is 9.78 Å². The van der Waals surface area contributed by atoms with Gasteiger partial charge in [-0.2, -0.15) is 9.78 Å². The number of hydrogen-bond acceptors (Lipinski definition) is 6. The Morgan fingerprint density at radius 3 is 2.19 bits per heavy atom. The molecule has 1 fully saturated rings. The molecule has 3 aromatic rings. The molecule has 11 heteroatoms. The van der Waals surface area contributed by atoms with Gasteiger partial charge in [0.25, 0.3) is 11.2 Å². The van der Waals surface area contributed by atoms with Crippen LogP contribution in [0, 0.1) is 10.1 Å². The average molecular weight is 481 g/mol. The van der Waals surface area contributed by atoms with E-state index in [-0.39, 0.29) is 20.7 Å². The number of nitro benzene ring substituents is 1. The summed E-state index contributed by atoms with van der Waals surface area (Å²) in [4.78, 5) is 27.4. The largest absolute Gasteiger partial charge is 0.367 e. The van der Waals surface area contributed by atoms with Crippen molar-refractivity contribution >= 4 is 51.9 Å². The lowest BCUT2D eigenvalue weighted by atomic mass is 10.2. The standard InChI is InChI=1S/C20H16Cl3N5O3/c21-14-11-13(27-20(29)19(23)15(22)12-24-27)5-6-16(14)25-7-9-26(10-8-25)17-3-1-2-4-18(17)28(30)31/h1-6,11-12H,7-10H2. The van der Waals surface area contributed by atoms with E-state index in [0.29, 0.717) is 42.6 Å². The fraction of sp³-hybridized carbons (Fsp3) is 0.200. The predicted molar refractivity (Wildman–Crippen MR) is 122 cm³/mol. The molecule has 4 rings (SSSR count). The molecule has 0 bridgehead atoms. The minimum atomic E-state index is -0.531. The molecule has 2 heterocycles. The molecule has 2 aromatic carbocycles. The van der Waals surface area contributed by atoms with E-state index in [2.05, 4.69) is 10.00 Å². The summed E-state index contributed by atoms with van der Waals surface area (Å²) in [6.07, 6.45) is 1.30. The van der Waals surface area contributed by atoms with Gasteiger partial charge < -0.3 is 9.80 Å². The van der Waals surface area contributed by atoms with E-state index >= 15 is 0 Å². The van der Waals surface area contributed by atoms with Gasteiger partial charge in [0.2, 0.25) is 0 Å². The molecule has 1 aliphatic rings. The first kappa shape index (κ1) is 21.4. The smallest absolute Gasteiger partial charge is 0.292 e. The van der Waals surface area contributed by atoms with Crippen LogP contribution in [0.25, 0.3) is 5.69 Å².